The van der Waals surface area contributed by atoms with Crippen molar-refractivity contribution in [2.24, 2.45) is 0 Å². The number of benzene rings is 1. The van der Waals surface area contributed by atoms with Gasteiger partial charge in [0.15, 0.2) is 0 Å². The van der Waals surface area contributed by atoms with Crippen LogP contribution in [0.5, 0.6) is 0 Å². The van der Waals surface area contributed by atoms with Gasteiger partial charge < -0.3 is 11.5 Å². The maximum atomic E-state index is 6.20. The molecule has 0 atom stereocenters. The first kappa shape index (κ1) is 13.6. The molecule has 16 heavy (non-hydrogen) atoms. The predicted octanol–water partition coefficient (Wildman–Crippen LogP) is 3.69. The fraction of sp³-hybridized carbons (Fsp3) is 0.500. The van der Waals surface area contributed by atoms with Crippen LogP contribution in [0, 0.1) is 13.8 Å². The highest BCUT2D eigenvalue weighted by Crippen LogP contribution is 2.42. The van der Waals surface area contributed by atoms with Crippen molar-refractivity contribution in [3.8, 4) is 0 Å². The van der Waals surface area contributed by atoms with Crippen molar-refractivity contribution in [2.45, 2.75) is 37.5 Å². The van der Waals surface area contributed by atoms with Gasteiger partial charge in [0, 0.05) is 4.90 Å². The summed E-state index contributed by atoms with van der Waals surface area (Å²) < 4.78 is 0. The largest absolute Gasteiger partial charge is 0.398 e. The molecule has 0 aliphatic rings. The molecule has 0 saturated carbocycles. The van der Waals surface area contributed by atoms with Gasteiger partial charge in [-0.1, -0.05) is 13.8 Å². The number of hydrogen-bond donors (Lipinski definition) is 2. The first-order chi connectivity index (χ1) is 7.54. The molecule has 0 radical (unpaired) electrons. The van der Waals surface area contributed by atoms with Crippen LogP contribution >= 0.6 is 23.5 Å². The zero-order valence-electron chi connectivity index (χ0n) is 10.4. The molecule has 0 unspecified atom stereocenters. The van der Waals surface area contributed by atoms with Gasteiger partial charge in [0.2, 0.25) is 0 Å². The van der Waals surface area contributed by atoms with Crippen molar-refractivity contribution in [1.29, 1.82) is 0 Å². The second kappa shape index (κ2) is 5.73. The van der Waals surface area contributed by atoms with Crippen LogP contribution in [-0.2, 0) is 0 Å². The van der Waals surface area contributed by atoms with Crippen LogP contribution in [0.25, 0.3) is 0 Å². The third-order valence-corrected chi connectivity index (χ3v) is 4.74. The fourth-order valence-electron chi connectivity index (χ4n) is 1.62. The van der Waals surface area contributed by atoms with Crippen LogP contribution < -0.4 is 11.5 Å². The first-order valence-electron chi connectivity index (χ1n) is 5.48. The normalized spacial score (nSPS) is 10.8. The zero-order valence-corrected chi connectivity index (χ0v) is 12.0. The Kier molecular flexibility index (Phi) is 4.87. The van der Waals surface area contributed by atoms with E-state index >= 15 is 0 Å². The summed E-state index contributed by atoms with van der Waals surface area (Å²) in [6.07, 6.45) is 0. The monoisotopic (exact) mass is 256 g/mol. The van der Waals surface area contributed by atoms with Crippen LogP contribution in [-0.4, -0.2) is 11.5 Å². The molecule has 1 rings (SSSR count). The Hall–Kier alpha value is -0.480. The molecule has 4 heteroatoms. The summed E-state index contributed by atoms with van der Waals surface area (Å²) in [6.45, 7) is 8.43. The second-order valence-electron chi connectivity index (χ2n) is 3.60. The lowest BCUT2D eigenvalue weighted by Gasteiger charge is -2.18. The smallest absolute Gasteiger partial charge is 0.0614 e. The van der Waals surface area contributed by atoms with Gasteiger partial charge >= 0.3 is 0 Å². The molecule has 0 fully saturated rings. The Morgan fingerprint density at radius 2 is 1.31 bits per heavy atom. The van der Waals surface area contributed by atoms with Crippen LogP contribution in [0.3, 0.4) is 0 Å². The molecule has 2 nitrogen and oxygen atoms in total. The van der Waals surface area contributed by atoms with Gasteiger partial charge in [0.1, 0.15) is 0 Å². The topological polar surface area (TPSA) is 52.0 Å². The number of thioether (sulfide) groups is 2. The number of rotatable bonds is 4. The van der Waals surface area contributed by atoms with E-state index in [0.717, 1.165) is 27.8 Å². The summed E-state index contributed by atoms with van der Waals surface area (Å²) in [5, 5.41) is 0. The van der Waals surface area contributed by atoms with Crippen molar-refractivity contribution in [3.05, 3.63) is 11.1 Å². The quantitative estimate of drug-likeness (QED) is 0.637. The highest BCUT2D eigenvalue weighted by molar-refractivity contribution is 8.00. The number of anilines is 2. The molecular formula is C12H20N2S2. The minimum absolute atomic E-state index is 0.849. The summed E-state index contributed by atoms with van der Waals surface area (Å²) in [6, 6.07) is 0. The number of hydrogen-bond acceptors (Lipinski definition) is 4. The highest BCUT2D eigenvalue weighted by Gasteiger charge is 2.15. The summed E-state index contributed by atoms with van der Waals surface area (Å²) in [5.74, 6) is 2.03. The van der Waals surface area contributed by atoms with Crippen molar-refractivity contribution in [1.82, 2.24) is 0 Å². The molecule has 0 aromatic heterocycles. The highest BCUT2D eigenvalue weighted by atomic mass is 32.2. The van der Waals surface area contributed by atoms with Crippen LogP contribution in [0.2, 0.25) is 0 Å². The van der Waals surface area contributed by atoms with Crippen LogP contribution in [0.4, 0.5) is 11.4 Å². The lowest BCUT2D eigenvalue weighted by molar-refractivity contribution is 1.19. The Balaban J connectivity index is 3.39. The number of nitrogens with two attached hydrogens (primary N) is 2. The third kappa shape index (κ3) is 2.43. The van der Waals surface area contributed by atoms with Gasteiger partial charge in [0.05, 0.1) is 16.3 Å². The Morgan fingerprint density at radius 1 is 0.812 bits per heavy atom. The summed E-state index contributed by atoms with van der Waals surface area (Å²) in [5.41, 5.74) is 16.4. The Morgan fingerprint density at radius 3 is 1.81 bits per heavy atom. The first-order valence-corrected chi connectivity index (χ1v) is 7.45. The average Bonchev–Trinajstić information content (AvgIpc) is 2.28. The van der Waals surface area contributed by atoms with Gasteiger partial charge in [-0.3, -0.25) is 0 Å². The summed E-state index contributed by atoms with van der Waals surface area (Å²) >= 11 is 3.53. The number of nitrogen functional groups attached to an aromatic ring is 2. The minimum atomic E-state index is 0.849. The maximum Gasteiger partial charge on any atom is 0.0614 e. The predicted molar refractivity (Wildman–Crippen MR) is 77.5 cm³/mol. The molecule has 0 spiro atoms. The van der Waals surface area contributed by atoms with E-state index in [0.29, 0.717) is 0 Å². The van der Waals surface area contributed by atoms with Gasteiger partial charge in [-0.25, -0.2) is 0 Å². The minimum Gasteiger partial charge on any atom is -0.398 e. The van der Waals surface area contributed by atoms with E-state index in [4.69, 9.17) is 11.5 Å². The van der Waals surface area contributed by atoms with Crippen molar-refractivity contribution in [2.75, 3.05) is 23.0 Å². The molecule has 4 N–H and O–H groups in total. The van der Waals surface area contributed by atoms with Gasteiger partial charge in [-0.15, -0.1) is 23.5 Å². The van der Waals surface area contributed by atoms with Gasteiger partial charge in [-0.05, 0) is 36.5 Å². The molecule has 90 valence electrons. The van der Waals surface area contributed by atoms with Crippen molar-refractivity contribution in [3.63, 3.8) is 0 Å². The van der Waals surface area contributed by atoms with Crippen LogP contribution in [0.15, 0.2) is 9.79 Å². The summed E-state index contributed by atoms with van der Waals surface area (Å²) in [7, 11) is 0. The molecule has 0 aliphatic heterocycles. The van der Waals surface area contributed by atoms with E-state index in [9.17, 15) is 0 Å². The standard InChI is InChI=1S/C12H20N2S2/c1-5-15-11-8(4)7(3)9(13)12(10(11)14)16-6-2/h5-6,13-14H2,1-4H3. The zero-order chi connectivity index (χ0) is 12.3. The van der Waals surface area contributed by atoms with E-state index in [-0.39, 0.29) is 0 Å². The molecule has 0 aliphatic carbocycles. The molecule has 0 saturated heterocycles. The van der Waals surface area contributed by atoms with E-state index in [1.165, 1.54) is 16.0 Å². The second-order valence-corrected chi connectivity index (χ2v) is 6.15. The Bertz CT molecular complexity index is 356. The SMILES string of the molecule is CCSc1c(C)c(C)c(N)c(SCC)c1N. The lowest BCUT2D eigenvalue weighted by Crippen LogP contribution is -2.03. The van der Waals surface area contributed by atoms with E-state index in [2.05, 4.69) is 27.7 Å². The van der Waals surface area contributed by atoms with Crippen molar-refractivity contribution >= 4 is 34.9 Å². The molecule has 0 bridgehead atoms. The summed E-state index contributed by atoms with van der Waals surface area (Å²) in [4.78, 5) is 2.26. The van der Waals surface area contributed by atoms with Gasteiger partial charge in [-0.2, -0.15) is 0 Å². The van der Waals surface area contributed by atoms with Crippen molar-refractivity contribution < 1.29 is 0 Å². The van der Waals surface area contributed by atoms with Crippen LogP contribution in [0.1, 0.15) is 25.0 Å². The Labute approximate surface area is 107 Å². The molecule has 0 amide bonds. The molecular weight excluding hydrogens is 236 g/mol. The van der Waals surface area contributed by atoms with Gasteiger partial charge in [0.25, 0.3) is 0 Å². The third-order valence-electron chi connectivity index (χ3n) is 2.62. The van der Waals surface area contributed by atoms with E-state index in [1.54, 1.807) is 23.5 Å². The molecule has 0 heterocycles. The average molecular weight is 256 g/mol. The van der Waals surface area contributed by atoms with E-state index in [1.807, 2.05) is 0 Å². The molecule has 1 aromatic carbocycles. The lowest BCUT2D eigenvalue weighted by atomic mass is 10.1. The van der Waals surface area contributed by atoms with E-state index < -0.39 is 0 Å². The maximum absolute atomic E-state index is 6.20. The fourth-order valence-corrected chi connectivity index (χ4v) is 3.46. The molecule has 1 aromatic rings.